The highest BCUT2D eigenvalue weighted by molar-refractivity contribution is 7.89. The van der Waals surface area contributed by atoms with Gasteiger partial charge in [-0.25, -0.2) is 8.42 Å². The Morgan fingerprint density at radius 1 is 1.16 bits per heavy atom. The van der Waals surface area contributed by atoms with Crippen LogP contribution in [0.15, 0.2) is 51.9 Å². The second kappa shape index (κ2) is 8.44. The number of hydrogen-bond donors (Lipinski definition) is 0. The molecule has 1 aliphatic heterocycles. The first kappa shape index (κ1) is 20.9. The van der Waals surface area contributed by atoms with E-state index in [1.165, 1.54) is 16.4 Å². The summed E-state index contributed by atoms with van der Waals surface area (Å²) >= 11 is 0. The van der Waals surface area contributed by atoms with Gasteiger partial charge in [0, 0.05) is 24.7 Å². The molecule has 4 rings (SSSR count). The number of nitro groups is 1. The van der Waals surface area contributed by atoms with E-state index in [0.717, 1.165) is 30.0 Å². The molecule has 1 aromatic heterocycles. The summed E-state index contributed by atoms with van der Waals surface area (Å²) < 4.78 is 37.4. The van der Waals surface area contributed by atoms with E-state index in [-0.39, 0.29) is 23.1 Å². The molecule has 10 nitrogen and oxygen atoms in total. The first-order valence-electron chi connectivity index (χ1n) is 9.65. The zero-order valence-electron chi connectivity index (χ0n) is 16.7. The van der Waals surface area contributed by atoms with Gasteiger partial charge in [0.1, 0.15) is 0 Å². The van der Waals surface area contributed by atoms with Crippen LogP contribution < -0.4 is 4.74 Å². The lowest BCUT2D eigenvalue weighted by atomic mass is 10.1. The van der Waals surface area contributed by atoms with Gasteiger partial charge in [-0.2, -0.15) is 9.29 Å². The number of rotatable bonds is 7. The van der Waals surface area contributed by atoms with Gasteiger partial charge in [0.2, 0.25) is 15.8 Å². The normalized spacial score (nSPS) is 14.6. The highest BCUT2D eigenvalue weighted by atomic mass is 32.2. The van der Waals surface area contributed by atoms with E-state index in [9.17, 15) is 18.5 Å². The number of sulfonamides is 1. The molecule has 0 unspecified atom stereocenters. The van der Waals surface area contributed by atoms with Crippen molar-refractivity contribution in [2.75, 3.05) is 13.1 Å². The SMILES string of the molecule is Cc1ccc(-c2nc(COc3ccc(S(=O)(=O)N4CCCC4)cc3[N+](=O)[O-])no2)cc1. The van der Waals surface area contributed by atoms with Gasteiger partial charge in [-0.1, -0.05) is 22.9 Å². The maximum absolute atomic E-state index is 12.7. The van der Waals surface area contributed by atoms with E-state index >= 15 is 0 Å². The summed E-state index contributed by atoms with van der Waals surface area (Å²) in [4.78, 5) is 14.9. The molecular formula is C20H20N4O6S. The zero-order valence-corrected chi connectivity index (χ0v) is 17.5. The number of hydrogen-bond acceptors (Lipinski definition) is 8. The Hall–Kier alpha value is -3.31. The minimum absolute atomic E-state index is 0.0768. The molecule has 2 heterocycles. The van der Waals surface area contributed by atoms with Gasteiger partial charge < -0.3 is 9.26 Å². The molecule has 11 heteroatoms. The Morgan fingerprint density at radius 3 is 2.55 bits per heavy atom. The molecule has 1 saturated heterocycles. The molecule has 1 aliphatic rings. The summed E-state index contributed by atoms with van der Waals surface area (Å²) in [6.45, 7) is 2.62. The molecule has 2 aromatic carbocycles. The Morgan fingerprint density at radius 2 is 1.87 bits per heavy atom. The minimum atomic E-state index is -3.78. The number of aryl methyl sites for hydroxylation is 1. The number of benzene rings is 2. The molecule has 0 radical (unpaired) electrons. The van der Waals surface area contributed by atoms with Crippen LogP contribution in [0.3, 0.4) is 0 Å². The fourth-order valence-corrected chi connectivity index (χ4v) is 4.81. The lowest BCUT2D eigenvalue weighted by Crippen LogP contribution is -2.27. The highest BCUT2D eigenvalue weighted by Gasteiger charge is 2.30. The molecule has 0 N–H and O–H groups in total. The van der Waals surface area contributed by atoms with E-state index < -0.39 is 20.6 Å². The van der Waals surface area contributed by atoms with Crippen molar-refractivity contribution in [3.05, 3.63) is 64.0 Å². The van der Waals surface area contributed by atoms with E-state index in [2.05, 4.69) is 10.1 Å². The van der Waals surface area contributed by atoms with E-state index in [4.69, 9.17) is 9.26 Å². The number of nitrogens with zero attached hydrogens (tertiary/aromatic N) is 4. The summed E-state index contributed by atoms with van der Waals surface area (Å²) in [7, 11) is -3.78. The van der Waals surface area contributed by atoms with Crippen molar-refractivity contribution < 1.29 is 22.6 Å². The smallest absolute Gasteiger partial charge is 0.312 e. The monoisotopic (exact) mass is 444 g/mol. The molecule has 31 heavy (non-hydrogen) atoms. The van der Waals surface area contributed by atoms with E-state index in [0.29, 0.717) is 19.0 Å². The van der Waals surface area contributed by atoms with Gasteiger partial charge in [0.05, 0.1) is 9.82 Å². The molecule has 0 saturated carbocycles. The second-order valence-corrected chi connectivity index (χ2v) is 9.11. The summed E-state index contributed by atoms with van der Waals surface area (Å²) in [6.07, 6.45) is 1.55. The Kier molecular flexibility index (Phi) is 5.70. The standard InChI is InChI=1S/C20H20N4O6S/c1-14-4-6-15(7-5-14)20-21-19(22-30-20)13-29-18-9-8-16(12-17(18)24(25)26)31(27,28)23-10-2-3-11-23/h4-9,12H,2-3,10-11,13H2,1H3. The number of ether oxygens (including phenoxy) is 1. The van der Waals surface area contributed by atoms with Crippen molar-refractivity contribution in [1.29, 1.82) is 0 Å². The van der Waals surface area contributed by atoms with Crippen LogP contribution in [-0.2, 0) is 16.6 Å². The van der Waals surface area contributed by atoms with Gasteiger partial charge in [-0.15, -0.1) is 0 Å². The van der Waals surface area contributed by atoms with E-state index in [1.807, 2.05) is 31.2 Å². The lowest BCUT2D eigenvalue weighted by Gasteiger charge is -2.15. The quantitative estimate of drug-likeness (QED) is 0.401. The molecule has 1 fully saturated rings. The molecular weight excluding hydrogens is 424 g/mol. The van der Waals surface area contributed by atoms with Gasteiger partial charge in [-0.05, 0) is 44.0 Å². The predicted octanol–water partition coefficient (Wildman–Crippen LogP) is 3.32. The van der Waals surface area contributed by atoms with Crippen LogP contribution in [-0.4, -0.2) is 40.9 Å². The first-order chi connectivity index (χ1) is 14.8. The topological polar surface area (TPSA) is 129 Å². The van der Waals surface area contributed by atoms with Crippen LogP contribution in [0.1, 0.15) is 24.2 Å². The molecule has 3 aromatic rings. The summed E-state index contributed by atoms with van der Waals surface area (Å²) in [5, 5.41) is 15.3. The van der Waals surface area contributed by atoms with Crippen LogP contribution in [0.4, 0.5) is 5.69 Å². The van der Waals surface area contributed by atoms with Gasteiger partial charge >= 0.3 is 5.69 Å². The largest absolute Gasteiger partial charge is 0.478 e. The predicted molar refractivity (Wildman–Crippen MR) is 110 cm³/mol. The second-order valence-electron chi connectivity index (χ2n) is 7.17. The van der Waals surface area contributed by atoms with Crippen molar-refractivity contribution in [3.63, 3.8) is 0 Å². The molecule has 162 valence electrons. The molecule has 0 amide bonds. The van der Waals surface area contributed by atoms with Crippen LogP contribution >= 0.6 is 0 Å². The van der Waals surface area contributed by atoms with Crippen LogP contribution in [0, 0.1) is 17.0 Å². The molecule has 0 aliphatic carbocycles. The molecule has 0 bridgehead atoms. The summed E-state index contributed by atoms with van der Waals surface area (Å²) in [6, 6.07) is 11.1. The van der Waals surface area contributed by atoms with Crippen molar-refractivity contribution >= 4 is 15.7 Å². The summed E-state index contributed by atoms with van der Waals surface area (Å²) in [5.74, 6) is 0.436. The average Bonchev–Trinajstić information content (AvgIpc) is 3.45. The third kappa shape index (κ3) is 4.42. The van der Waals surface area contributed by atoms with Gasteiger partial charge in [-0.3, -0.25) is 10.1 Å². The fraction of sp³-hybridized carbons (Fsp3) is 0.300. The molecule has 0 atom stereocenters. The van der Waals surface area contributed by atoms with Crippen molar-refractivity contribution in [2.24, 2.45) is 0 Å². The Balaban J connectivity index is 1.52. The first-order valence-corrected chi connectivity index (χ1v) is 11.1. The van der Waals surface area contributed by atoms with Crippen LogP contribution in [0.2, 0.25) is 0 Å². The highest BCUT2D eigenvalue weighted by Crippen LogP contribution is 2.32. The third-order valence-electron chi connectivity index (χ3n) is 4.95. The van der Waals surface area contributed by atoms with Crippen LogP contribution in [0.25, 0.3) is 11.5 Å². The zero-order chi connectivity index (χ0) is 22.0. The average molecular weight is 444 g/mol. The van der Waals surface area contributed by atoms with Gasteiger partial charge in [0.15, 0.2) is 12.4 Å². The third-order valence-corrected chi connectivity index (χ3v) is 6.85. The number of aromatic nitrogens is 2. The summed E-state index contributed by atoms with van der Waals surface area (Å²) in [5.41, 5.74) is 1.39. The van der Waals surface area contributed by atoms with Crippen LogP contribution in [0.5, 0.6) is 5.75 Å². The van der Waals surface area contributed by atoms with Crippen molar-refractivity contribution in [1.82, 2.24) is 14.4 Å². The Labute approximate surface area is 178 Å². The fourth-order valence-electron chi connectivity index (χ4n) is 3.27. The van der Waals surface area contributed by atoms with Crippen molar-refractivity contribution in [3.8, 4) is 17.2 Å². The molecule has 0 spiro atoms. The van der Waals surface area contributed by atoms with Gasteiger partial charge in [0.25, 0.3) is 5.89 Å². The Bertz CT molecular complexity index is 1200. The van der Waals surface area contributed by atoms with Crippen molar-refractivity contribution in [2.45, 2.75) is 31.3 Å². The number of nitro benzene ring substituents is 1. The maximum atomic E-state index is 12.7. The lowest BCUT2D eigenvalue weighted by molar-refractivity contribution is -0.386. The maximum Gasteiger partial charge on any atom is 0.312 e. The van der Waals surface area contributed by atoms with E-state index in [1.54, 1.807) is 0 Å². The minimum Gasteiger partial charge on any atom is -0.478 e.